The first-order valence-electron chi connectivity index (χ1n) is 12.4. The van der Waals surface area contributed by atoms with E-state index in [0.717, 1.165) is 45.9 Å². The molecule has 4 aliphatic rings. The highest BCUT2D eigenvalue weighted by Crippen LogP contribution is 2.58. The second kappa shape index (κ2) is 9.47. The number of hydrogen-bond acceptors (Lipinski definition) is 3. The Morgan fingerprint density at radius 2 is 1.50 bits per heavy atom. The van der Waals surface area contributed by atoms with Crippen molar-refractivity contribution in [2.24, 2.45) is 23.2 Å². The van der Waals surface area contributed by atoms with Gasteiger partial charge in [0.2, 0.25) is 5.91 Å². The molecule has 160 valence electrons. The van der Waals surface area contributed by atoms with Crippen LogP contribution in [-0.4, -0.2) is 61.6 Å². The molecule has 2 aliphatic carbocycles. The summed E-state index contributed by atoms with van der Waals surface area (Å²) < 4.78 is 5.55. The van der Waals surface area contributed by atoms with Crippen molar-refractivity contribution in [1.29, 1.82) is 0 Å². The van der Waals surface area contributed by atoms with Crippen molar-refractivity contribution in [2.45, 2.75) is 77.6 Å². The number of morpholine rings is 1. The first-order chi connectivity index (χ1) is 13.8. The van der Waals surface area contributed by atoms with Gasteiger partial charge in [-0.05, 0) is 63.3 Å². The Kier molecular flexibility index (Phi) is 6.98. The molecule has 4 heteroatoms. The number of likely N-dealkylation sites (tertiary alicyclic amines) is 1. The SMILES string of the molecule is CCN1CC(CCN2CCOCC2)C(C2CCCCC2)(C2CCCCC2)C1=O. The first kappa shape index (κ1) is 20.7. The minimum absolute atomic E-state index is 0.0386. The molecule has 0 bridgehead atoms. The molecule has 2 heterocycles. The molecule has 0 aromatic carbocycles. The Morgan fingerprint density at radius 1 is 0.929 bits per heavy atom. The molecular formula is C24H42N2O2. The Morgan fingerprint density at radius 3 is 2.04 bits per heavy atom. The molecule has 2 saturated heterocycles. The summed E-state index contributed by atoms with van der Waals surface area (Å²) in [7, 11) is 0. The molecule has 0 spiro atoms. The fourth-order valence-electron chi connectivity index (χ4n) is 7.22. The van der Waals surface area contributed by atoms with Crippen molar-refractivity contribution in [3.63, 3.8) is 0 Å². The van der Waals surface area contributed by atoms with Gasteiger partial charge in [-0.1, -0.05) is 38.5 Å². The smallest absolute Gasteiger partial charge is 0.229 e. The molecule has 1 unspecified atom stereocenters. The predicted molar refractivity (Wildman–Crippen MR) is 113 cm³/mol. The first-order valence-corrected chi connectivity index (χ1v) is 12.4. The highest BCUT2D eigenvalue weighted by molar-refractivity contribution is 5.86. The third kappa shape index (κ3) is 3.88. The average Bonchev–Trinajstić information content (AvgIpc) is 3.06. The second-order valence-electron chi connectivity index (χ2n) is 9.89. The molecular weight excluding hydrogens is 348 g/mol. The fourth-order valence-corrected chi connectivity index (χ4v) is 7.22. The maximum absolute atomic E-state index is 14.0. The quantitative estimate of drug-likeness (QED) is 0.676. The molecule has 2 saturated carbocycles. The lowest BCUT2D eigenvalue weighted by Gasteiger charge is -2.49. The summed E-state index contributed by atoms with van der Waals surface area (Å²) in [4.78, 5) is 18.8. The van der Waals surface area contributed by atoms with Gasteiger partial charge in [-0.25, -0.2) is 0 Å². The van der Waals surface area contributed by atoms with Crippen LogP contribution in [0.3, 0.4) is 0 Å². The van der Waals surface area contributed by atoms with Gasteiger partial charge < -0.3 is 9.64 Å². The lowest BCUT2D eigenvalue weighted by molar-refractivity contribution is -0.147. The van der Waals surface area contributed by atoms with Crippen LogP contribution in [0.1, 0.15) is 77.6 Å². The number of amides is 1. The molecule has 4 fully saturated rings. The van der Waals surface area contributed by atoms with E-state index in [-0.39, 0.29) is 5.41 Å². The Balaban J connectivity index is 1.60. The van der Waals surface area contributed by atoms with Gasteiger partial charge in [-0.3, -0.25) is 9.69 Å². The standard InChI is InChI=1S/C24H42N2O2/c1-2-26-19-22(13-14-25-15-17-28-18-16-25)24(23(26)27,20-9-5-3-6-10-20)21-11-7-4-8-12-21/h20-22H,2-19H2,1H3. The Bertz CT molecular complexity index is 487. The van der Waals surface area contributed by atoms with Crippen molar-refractivity contribution in [2.75, 3.05) is 45.9 Å². The van der Waals surface area contributed by atoms with Crippen molar-refractivity contribution < 1.29 is 9.53 Å². The van der Waals surface area contributed by atoms with Crippen molar-refractivity contribution >= 4 is 5.91 Å². The highest BCUT2D eigenvalue weighted by Gasteiger charge is 2.60. The highest BCUT2D eigenvalue weighted by atomic mass is 16.5. The van der Waals surface area contributed by atoms with Crippen LogP contribution in [0.2, 0.25) is 0 Å². The van der Waals surface area contributed by atoms with Crippen LogP contribution >= 0.6 is 0 Å². The van der Waals surface area contributed by atoms with Crippen LogP contribution < -0.4 is 0 Å². The van der Waals surface area contributed by atoms with Gasteiger partial charge in [0.25, 0.3) is 0 Å². The summed E-state index contributed by atoms with van der Waals surface area (Å²) in [5, 5.41) is 0. The van der Waals surface area contributed by atoms with Gasteiger partial charge in [0.1, 0.15) is 0 Å². The van der Waals surface area contributed by atoms with Crippen molar-refractivity contribution in [3.05, 3.63) is 0 Å². The maximum atomic E-state index is 14.0. The van der Waals surface area contributed by atoms with E-state index < -0.39 is 0 Å². The van der Waals surface area contributed by atoms with Crippen LogP contribution in [-0.2, 0) is 9.53 Å². The Labute approximate surface area is 172 Å². The van der Waals surface area contributed by atoms with Crippen LogP contribution in [0.5, 0.6) is 0 Å². The zero-order chi connectivity index (χ0) is 19.4. The summed E-state index contributed by atoms with van der Waals surface area (Å²) in [5.41, 5.74) is -0.0386. The largest absolute Gasteiger partial charge is 0.379 e. The van der Waals surface area contributed by atoms with Gasteiger partial charge in [-0.15, -0.1) is 0 Å². The van der Waals surface area contributed by atoms with E-state index in [4.69, 9.17) is 4.74 Å². The van der Waals surface area contributed by atoms with E-state index in [1.807, 2.05) is 0 Å². The molecule has 0 aromatic rings. The minimum atomic E-state index is -0.0386. The van der Waals surface area contributed by atoms with Crippen molar-refractivity contribution in [1.82, 2.24) is 9.80 Å². The van der Waals surface area contributed by atoms with E-state index in [1.54, 1.807) is 0 Å². The summed E-state index contributed by atoms with van der Waals surface area (Å²) >= 11 is 0. The van der Waals surface area contributed by atoms with Gasteiger partial charge in [-0.2, -0.15) is 0 Å². The predicted octanol–water partition coefficient (Wildman–Crippen LogP) is 4.33. The molecule has 4 nitrogen and oxygen atoms in total. The van der Waals surface area contributed by atoms with Crippen LogP contribution in [0, 0.1) is 23.2 Å². The molecule has 1 atom stereocenters. The van der Waals surface area contributed by atoms with E-state index >= 15 is 0 Å². The molecule has 2 aliphatic heterocycles. The fraction of sp³-hybridized carbons (Fsp3) is 0.958. The summed E-state index contributed by atoms with van der Waals surface area (Å²) in [6.45, 7) is 9.15. The van der Waals surface area contributed by atoms with Gasteiger partial charge in [0, 0.05) is 26.2 Å². The van der Waals surface area contributed by atoms with E-state index in [2.05, 4.69) is 16.7 Å². The van der Waals surface area contributed by atoms with Crippen LogP contribution in [0.4, 0.5) is 0 Å². The van der Waals surface area contributed by atoms with Crippen LogP contribution in [0.15, 0.2) is 0 Å². The summed E-state index contributed by atoms with van der Waals surface area (Å²) in [5.74, 6) is 2.40. The molecule has 28 heavy (non-hydrogen) atoms. The average molecular weight is 391 g/mol. The molecule has 1 amide bonds. The minimum Gasteiger partial charge on any atom is -0.379 e. The van der Waals surface area contributed by atoms with E-state index in [0.29, 0.717) is 23.7 Å². The zero-order valence-electron chi connectivity index (χ0n) is 18.2. The topological polar surface area (TPSA) is 32.8 Å². The normalized spacial score (nSPS) is 30.8. The number of carbonyl (C=O) groups excluding carboxylic acids is 1. The molecule has 0 aromatic heterocycles. The Hall–Kier alpha value is -0.610. The summed E-state index contributed by atoms with van der Waals surface area (Å²) in [6.07, 6.45) is 14.5. The number of nitrogens with zero attached hydrogens (tertiary/aromatic N) is 2. The number of carbonyl (C=O) groups is 1. The number of rotatable bonds is 6. The van der Waals surface area contributed by atoms with Gasteiger partial charge in [0.05, 0.1) is 18.6 Å². The molecule has 4 rings (SSSR count). The van der Waals surface area contributed by atoms with Crippen molar-refractivity contribution in [3.8, 4) is 0 Å². The van der Waals surface area contributed by atoms with Gasteiger partial charge in [0.15, 0.2) is 0 Å². The van der Waals surface area contributed by atoms with E-state index in [9.17, 15) is 4.79 Å². The van der Waals surface area contributed by atoms with Gasteiger partial charge >= 0.3 is 0 Å². The number of ether oxygens (including phenoxy) is 1. The lowest BCUT2D eigenvalue weighted by atomic mass is 9.54. The summed E-state index contributed by atoms with van der Waals surface area (Å²) in [6, 6.07) is 0. The van der Waals surface area contributed by atoms with E-state index in [1.165, 1.54) is 70.6 Å². The second-order valence-corrected chi connectivity index (χ2v) is 9.89. The third-order valence-electron chi connectivity index (χ3n) is 8.61. The third-order valence-corrected chi connectivity index (χ3v) is 8.61. The molecule has 0 N–H and O–H groups in total. The van der Waals surface area contributed by atoms with Crippen LogP contribution in [0.25, 0.3) is 0 Å². The maximum Gasteiger partial charge on any atom is 0.229 e. The number of hydrogen-bond donors (Lipinski definition) is 0. The molecule has 0 radical (unpaired) electrons. The zero-order valence-corrected chi connectivity index (χ0v) is 18.2. The lowest BCUT2D eigenvalue weighted by Crippen LogP contribution is -2.50. The monoisotopic (exact) mass is 390 g/mol.